The maximum Gasteiger partial charge on any atom is 0.154 e. The summed E-state index contributed by atoms with van der Waals surface area (Å²) in [6.45, 7) is 8.75. The fourth-order valence-corrected chi connectivity index (χ4v) is 8.10. The first-order valence-corrected chi connectivity index (χ1v) is 20.4. The number of rotatable bonds is 10. The van der Waals surface area contributed by atoms with E-state index in [1.54, 1.807) is 0 Å². The van der Waals surface area contributed by atoms with E-state index in [0.29, 0.717) is 12.4 Å². The first kappa shape index (κ1) is 37.9. The van der Waals surface area contributed by atoms with Gasteiger partial charge in [0.15, 0.2) is 5.84 Å². The number of allylic oxidation sites excluding steroid dienone is 1. The third-order valence-corrected chi connectivity index (χ3v) is 11.2. The van der Waals surface area contributed by atoms with E-state index in [0.717, 1.165) is 96.4 Å². The molecule has 4 heteroatoms. The summed E-state index contributed by atoms with van der Waals surface area (Å²) in [7, 11) is 0. The zero-order valence-electron chi connectivity index (χ0n) is 33.4. The molecule has 9 rings (SSSR count). The van der Waals surface area contributed by atoms with Crippen molar-refractivity contribution in [1.82, 2.24) is 10.3 Å². The topological polar surface area (TPSA) is 61.1 Å². The average Bonchev–Trinajstić information content (AvgIpc) is 3.32. The van der Waals surface area contributed by atoms with Crippen molar-refractivity contribution in [3.05, 3.63) is 228 Å². The van der Waals surface area contributed by atoms with E-state index in [1.807, 2.05) is 72.8 Å². The number of benzene rings is 7. The van der Waals surface area contributed by atoms with Crippen LogP contribution in [0.25, 0.3) is 73.6 Å². The molecule has 0 saturated heterocycles. The van der Waals surface area contributed by atoms with Crippen LogP contribution < -0.4 is 5.32 Å². The van der Waals surface area contributed by atoms with Crippen molar-refractivity contribution in [2.24, 2.45) is 4.99 Å². The molecule has 1 aromatic heterocycles. The fourth-order valence-electron chi connectivity index (χ4n) is 8.10. The van der Waals surface area contributed by atoms with Crippen molar-refractivity contribution in [3.63, 3.8) is 0 Å². The normalized spacial score (nSPS) is 12.2. The summed E-state index contributed by atoms with van der Waals surface area (Å²) >= 11 is 0. The number of pyridine rings is 1. The van der Waals surface area contributed by atoms with Gasteiger partial charge in [0.05, 0.1) is 11.4 Å². The second kappa shape index (κ2) is 17.0. The first-order valence-electron chi connectivity index (χ1n) is 20.4. The summed E-state index contributed by atoms with van der Waals surface area (Å²) in [6.07, 6.45) is 10.3. The smallest absolute Gasteiger partial charge is 0.154 e. The Balaban J connectivity index is 1.12. The predicted molar refractivity (Wildman–Crippen MR) is 254 cm³/mol. The van der Waals surface area contributed by atoms with Gasteiger partial charge in [-0.05, 0) is 122 Å². The summed E-state index contributed by atoms with van der Waals surface area (Å²) in [6, 6.07) is 59.1. The molecule has 0 spiro atoms. The highest BCUT2D eigenvalue weighted by atomic mass is 15.0. The molecular formula is C56H44N4. The maximum atomic E-state index is 8.85. The number of fused-ring (bicyclic) bond motifs is 2. The van der Waals surface area contributed by atoms with E-state index in [2.05, 4.69) is 140 Å². The van der Waals surface area contributed by atoms with Gasteiger partial charge in [-0.1, -0.05) is 165 Å². The molecule has 60 heavy (non-hydrogen) atoms. The number of nitrogens with zero attached hydrogens (tertiary/aromatic N) is 2. The van der Waals surface area contributed by atoms with Crippen LogP contribution in [0.15, 0.2) is 194 Å². The van der Waals surface area contributed by atoms with Crippen LogP contribution in [0.3, 0.4) is 0 Å². The zero-order chi connectivity index (χ0) is 40.8. The van der Waals surface area contributed by atoms with E-state index in [9.17, 15) is 0 Å². The second-order valence-corrected chi connectivity index (χ2v) is 15.0. The van der Waals surface area contributed by atoms with E-state index in [4.69, 9.17) is 15.4 Å². The third kappa shape index (κ3) is 7.92. The lowest BCUT2D eigenvalue weighted by molar-refractivity contribution is 0.916. The average molecular weight is 773 g/mol. The van der Waals surface area contributed by atoms with Crippen LogP contribution in [0, 0.1) is 5.41 Å². The summed E-state index contributed by atoms with van der Waals surface area (Å²) in [5.41, 5.74) is 16.0. The van der Waals surface area contributed by atoms with Crippen LogP contribution >= 0.6 is 0 Å². The third-order valence-electron chi connectivity index (χ3n) is 11.2. The van der Waals surface area contributed by atoms with Crippen LogP contribution in [0.5, 0.6) is 0 Å². The van der Waals surface area contributed by atoms with Crippen LogP contribution in [0.4, 0.5) is 0 Å². The summed E-state index contributed by atoms with van der Waals surface area (Å²) < 4.78 is 0. The summed E-state index contributed by atoms with van der Waals surface area (Å²) in [5.74, 6) is 0.842. The van der Waals surface area contributed by atoms with Crippen LogP contribution in [0.2, 0.25) is 0 Å². The minimum Gasteiger partial charge on any atom is -0.365 e. The highest BCUT2D eigenvalue weighted by Crippen LogP contribution is 2.37. The number of hydrogen-bond acceptors (Lipinski definition) is 2. The molecule has 4 nitrogen and oxygen atoms in total. The molecule has 0 saturated carbocycles. The van der Waals surface area contributed by atoms with Crippen molar-refractivity contribution in [2.45, 2.75) is 19.4 Å². The SMILES string of the molecule is C=Cc1cc(-c2cccc(-c3cc(CNC(=NC(=N)c4ccccc4)c4ccccc4)cc(-c4ccc(-c5ccc6c(n5)C=CCC6)cc4)c3)c2)c2ccccc2c1C=C. The standard InChI is InChI=1S/C56H44N4/c1-3-39-36-52(51-24-13-12-23-50(51)49(39)4-2)46-22-15-21-45(34-46)48-33-38(37-58-56(44-19-9-6-10-20-44)60-55(57)43-17-7-5-8-18-43)32-47(35-48)40-26-28-42(29-27-40)54-31-30-41-16-11-14-25-53(41)59-54/h3-10,12-15,17-36H,1-2,11,16,37H2,(H2,57,58,60). The molecule has 7 aromatic carbocycles. The van der Waals surface area contributed by atoms with Gasteiger partial charge in [-0.15, -0.1) is 0 Å². The summed E-state index contributed by atoms with van der Waals surface area (Å²) in [4.78, 5) is 9.82. The van der Waals surface area contributed by atoms with Crippen molar-refractivity contribution in [2.75, 3.05) is 0 Å². The molecule has 0 fully saturated rings. The van der Waals surface area contributed by atoms with E-state index in [-0.39, 0.29) is 5.84 Å². The largest absolute Gasteiger partial charge is 0.365 e. The van der Waals surface area contributed by atoms with E-state index < -0.39 is 0 Å². The maximum absolute atomic E-state index is 8.85. The Labute approximate surface area is 352 Å². The molecule has 1 aliphatic rings. The highest BCUT2D eigenvalue weighted by Gasteiger charge is 2.14. The van der Waals surface area contributed by atoms with Gasteiger partial charge in [-0.25, -0.2) is 9.98 Å². The zero-order valence-corrected chi connectivity index (χ0v) is 33.4. The Morgan fingerprint density at radius 2 is 1.28 bits per heavy atom. The van der Waals surface area contributed by atoms with Crippen molar-refractivity contribution in [3.8, 4) is 44.6 Å². The molecule has 1 aliphatic carbocycles. The van der Waals surface area contributed by atoms with Crippen LogP contribution in [0.1, 0.15) is 45.5 Å². The van der Waals surface area contributed by atoms with Crippen molar-refractivity contribution in [1.29, 1.82) is 5.41 Å². The van der Waals surface area contributed by atoms with Gasteiger partial charge >= 0.3 is 0 Å². The highest BCUT2D eigenvalue weighted by molar-refractivity contribution is 6.10. The second-order valence-electron chi connectivity index (χ2n) is 15.0. The fraction of sp³-hybridized carbons (Fsp3) is 0.0536. The van der Waals surface area contributed by atoms with Crippen molar-refractivity contribution < 1.29 is 0 Å². The van der Waals surface area contributed by atoms with Gasteiger partial charge < -0.3 is 5.32 Å². The number of aliphatic imine (C=N–C) groups is 1. The molecule has 8 aromatic rings. The molecule has 0 aliphatic heterocycles. The molecule has 2 N–H and O–H groups in total. The molecule has 0 radical (unpaired) electrons. The molecular weight excluding hydrogens is 729 g/mol. The number of hydrogen-bond donors (Lipinski definition) is 2. The Morgan fingerprint density at radius 1 is 0.617 bits per heavy atom. The lowest BCUT2D eigenvalue weighted by atomic mass is 9.89. The molecule has 1 heterocycles. The Bertz CT molecular complexity index is 2960. The van der Waals surface area contributed by atoms with Gasteiger partial charge in [-0.3, -0.25) is 5.41 Å². The predicted octanol–water partition coefficient (Wildman–Crippen LogP) is 13.7. The van der Waals surface area contributed by atoms with Gasteiger partial charge in [0.1, 0.15) is 5.84 Å². The molecule has 0 atom stereocenters. The molecule has 288 valence electrons. The van der Waals surface area contributed by atoms with Crippen molar-refractivity contribution >= 4 is 40.7 Å². The van der Waals surface area contributed by atoms with Gasteiger partial charge in [0.25, 0.3) is 0 Å². The minimum absolute atomic E-state index is 0.200. The number of aromatic nitrogens is 1. The van der Waals surface area contributed by atoms with E-state index >= 15 is 0 Å². The summed E-state index contributed by atoms with van der Waals surface area (Å²) in [5, 5.41) is 14.8. The van der Waals surface area contributed by atoms with Crippen LogP contribution in [-0.4, -0.2) is 16.7 Å². The van der Waals surface area contributed by atoms with Crippen LogP contribution in [-0.2, 0) is 13.0 Å². The van der Waals surface area contributed by atoms with Gasteiger partial charge in [0, 0.05) is 23.2 Å². The Morgan fingerprint density at radius 3 is 2.03 bits per heavy atom. The van der Waals surface area contributed by atoms with E-state index in [1.165, 1.54) is 10.9 Å². The Hall–Kier alpha value is -7.69. The number of nitrogens with one attached hydrogen (secondary N) is 2. The van der Waals surface area contributed by atoms with Gasteiger partial charge in [-0.2, -0.15) is 0 Å². The molecule has 0 amide bonds. The first-order chi connectivity index (χ1) is 29.5. The Kier molecular flexibility index (Phi) is 10.8. The minimum atomic E-state index is 0.200. The van der Waals surface area contributed by atoms with Gasteiger partial charge in [0.2, 0.25) is 0 Å². The molecule has 0 unspecified atom stereocenters. The number of aryl methyl sites for hydroxylation is 1. The number of amidine groups is 2. The quantitative estimate of drug-likeness (QED) is 0.107. The monoisotopic (exact) mass is 772 g/mol. The molecule has 0 bridgehead atoms. The lowest BCUT2D eigenvalue weighted by Crippen LogP contribution is -2.25. The lowest BCUT2D eigenvalue weighted by Gasteiger charge is -2.16.